The van der Waals surface area contributed by atoms with Gasteiger partial charge in [0.1, 0.15) is 5.58 Å². The van der Waals surface area contributed by atoms with E-state index in [4.69, 9.17) is 4.42 Å². The molecule has 12 rings (SSSR count). The van der Waals surface area contributed by atoms with Crippen LogP contribution in [0.5, 0.6) is 0 Å². The van der Waals surface area contributed by atoms with Crippen LogP contribution >= 0.6 is 0 Å². The molecule has 0 saturated heterocycles. The average molecular weight is 774 g/mol. The van der Waals surface area contributed by atoms with Gasteiger partial charge in [-0.3, -0.25) is 0 Å². The Morgan fingerprint density at radius 2 is 0.967 bits per heavy atom. The summed E-state index contributed by atoms with van der Waals surface area (Å²) in [6.45, 7) is 12.1. The minimum Gasteiger partial charge on any atom is -0.454 e. The highest BCUT2D eigenvalue weighted by Gasteiger charge is 2.52. The fourth-order valence-corrected chi connectivity index (χ4v) is 11.4. The van der Waals surface area contributed by atoms with Gasteiger partial charge in [-0.2, -0.15) is 0 Å². The van der Waals surface area contributed by atoms with Crippen LogP contribution in [0.25, 0.3) is 55.3 Å². The Labute approximate surface area is 352 Å². The summed E-state index contributed by atoms with van der Waals surface area (Å²) in [5.74, 6) is 0. The van der Waals surface area contributed by atoms with Gasteiger partial charge >= 0.3 is 0 Å². The molecule has 0 amide bonds. The first kappa shape index (κ1) is 35.3. The van der Waals surface area contributed by atoms with Crippen molar-refractivity contribution in [1.29, 1.82) is 0 Å². The van der Waals surface area contributed by atoms with Gasteiger partial charge in [-0.05, 0) is 140 Å². The Morgan fingerprint density at radius 3 is 1.63 bits per heavy atom. The van der Waals surface area contributed by atoms with Gasteiger partial charge < -0.3 is 9.32 Å². The van der Waals surface area contributed by atoms with Gasteiger partial charge in [0.05, 0.1) is 16.8 Å². The molecule has 0 radical (unpaired) electrons. The van der Waals surface area contributed by atoms with E-state index in [0.29, 0.717) is 0 Å². The molecule has 60 heavy (non-hydrogen) atoms. The van der Waals surface area contributed by atoms with Crippen molar-refractivity contribution in [3.63, 3.8) is 0 Å². The van der Waals surface area contributed by atoms with Crippen LogP contribution in [0, 0.1) is 6.92 Å². The quantitative estimate of drug-likeness (QED) is 0.177. The fourth-order valence-electron chi connectivity index (χ4n) is 11.4. The lowest BCUT2D eigenvalue weighted by molar-refractivity contribution is 0.332. The number of rotatable bonds is 4. The molecule has 0 fully saturated rings. The number of anilines is 3. The lowest BCUT2D eigenvalue weighted by Crippen LogP contribution is -2.34. The zero-order chi connectivity index (χ0) is 40.5. The van der Waals surface area contributed by atoms with E-state index in [2.05, 4.69) is 209 Å². The van der Waals surface area contributed by atoms with Gasteiger partial charge in [-0.1, -0.05) is 155 Å². The van der Waals surface area contributed by atoms with Crippen molar-refractivity contribution in [2.24, 2.45) is 0 Å². The molecule has 290 valence electrons. The molecule has 9 aromatic rings. The van der Waals surface area contributed by atoms with Gasteiger partial charge in [-0.25, -0.2) is 0 Å². The van der Waals surface area contributed by atoms with Crippen molar-refractivity contribution in [3.8, 4) is 33.4 Å². The van der Waals surface area contributed by atoms with Gasteiger partial charge in [-0.15, -0.1) is 0 Å². The van der Waals surface area contributed by atoms with E-state index < -0.39 is 5.41 Å². The molecular formula is C58H47NO. The first-order chi connectivity index (χ1) is 29.2. The maximum absolute atomic E-state index is 6.89. The number of hydrogen-bond acceptors (Lipinski definition) is 2. The van der Waals surface area contributed by atoms with Gasteiger partial charge in [0, 0.05) is 22.0 Å². The summed E-state index contributed by atoms with van der Waals surface area (Å²) in [5.41, 5.74) is 22.0. The number of nitrogens with zero attached hydrogens (tertiary/aromatic N) is 1. The molecule has 0 unspecified atom stereocenters. The summed E-state index contributed by atoms with van der Waals surface area (Å²) in [4.78, 5) is 2.48. The van der Waals surface area contributed by atoms with Crippen molar-refractivity contribution in [2.45, 2.75) is 63.7 Å². The van der Waals surface area contributed by atoms with E-state index in [1.807, 2.05) is 0 Å². The lowest BCUT2D eigenvalue weighted by atomic mass is 9.62. The van der Waals surface area contributed by atoms with Crippen molar-refractivity contribution < 1.29 is 4.42 Å². The zero-order valence-corrected chi connectivity index (χ0v) is 34.9. The van der Waals surface area contributed by atoms with Crippen LogP contribution in [0.1, 0.15) is 79.5 Å². The third-order valence-corrected chi connectivity index (χ3v) is 14.5. The van der Waals surface area contributed by atoms with Crippen molar-refractivity contribution >= 4 is 39.0 Å². The van der Waals surface area contributed by atoms with E-state index in [0.717, 1.165) is 45.4 Å². The average Bonchev–Trinajstić information content (AvgIpc) is 3.90. The monoisotopic (exact) mass is 773 g/mol. The number of para-hydroxylation sites is 3. The highest BCUT2D eigenvalue weighted by atomic mass is 16.3. The van der Waals surface area contributed by atoms with Crippen LogP contribution in [0.4, 0.5) is 17.1 Å². The van der Waals surface area contributed by atoms with E-state index in [1.165, 1.54) is 78.7 Å². The van der Waals surface area contributed by atoms with E-state index in [9.17, 15) is 0 Å². The van der Waals surface area contributed by atoms with Crippen LogP contribution in [-0.2, 0) is 16.2 Å². The second-order valence-electron chi connectivity index (χ2n) is 18.7. The highest BCUT2D eigenvalue weighted by Crippen LogP contribution is 2.64. The van der Waals surface area contributed by atoms with Crippen LogP contribution in [0.3, 0.4) is 0 Å². The van der Waals surface area contributed by atoms with E-state index in [1.54, 1.807) is 0 Å². The lowest BCUT2D eigenvalue weighted by Gasteiger charge is -2.42. The molecule has 1 heterocycles. The molecule has 0 aliphatic heterocycles. The molecule has 2 nitrogen and oxygen atoms in total. The smallest absolute Gasteiger partial charge is 0.159 e. The molecule has 0 atom stereocenters. The number of aryl methyl sites for hydroxylation is 1. The molecule has 1 spiro atoms. The topological polar surface area (TPSA) is 16.4 Å². The summed E-state index contributed by atoms with van der Waals surface area (Å²) in [5, 5.41) is 2.24. The highest BCUT2D eigenvalue weighted by molar-refractivity contribution is 6.11. The third kappa shape index (κ3) is 4.71. The molecule has 0 N–H and O–H groups in total. The van der Waals surface area contributed by atoms with Crippen LogP contribution in [0.2, 0.25) is 0 Å². The summed E-state index contributed by atoms with van der Waals surface area (Å²) in [6.07, 6.45) is 2.34. The standard InChI is InChI=1S/C58H47NO/c1-36-32-50-51(57(4,5)31-30-56(50,2)3)34-43(36)45-33-44-40-22-11-15-27-48(40)58(46-25-13-9-20-38(46)39-21-10-14-26-47(39)58)49(44)35-53(45)59(37-18-7-6-8-19-37)52-28-17-24-42-41-23-12-16-29-54(41)60-55(42)52/h6-29,32-35H,30-31H2,1-5H3. The Balaban J connectivity index is 1.24. The SMILES string of the molecule is Cc1cc2c(cc1-c1cc3c(cc1N(c1ccccc1)c1cccc4c1oc1ccccc14)C1(c4ccccc4-c4ccccc41)c1ccccc1-3)C(C)(C)CCC2(C)C. The second-order valence-corrected chi connectivity index (χ2v) is 18.7. The Kier molecular flexibility index (Phi) is 7.32. The van der Waals surface area contributed by atoms with Gasteiger partial charge in [0.2, 0.25) is 0 Å². The summed E-state index contributed by atoms with van der Waals surface area (Å²) < 4.78 is 6.89. The summed E-state index contributed by atoms with van der Waals surface area (Å²) in [6, 6.07) is 63.6. The number of benzene rings is 8. The summed E-state index contributed by atoms with van der Waals surface area (Å²) >= 11 is 0. The van der Waals surface area contributed by atoms with Gasteiger partial charge in [0.25, 0.3) is 0 Å². The molecule has 0 bridgehead atoms. The largest absolute Gasteiger partial charge is 0.454 e. The molecular weight excluding hydrogens is 727 g/mol. The maximum Gasteiger partial charge on any atom is 0.159 e. The first-order valence-electron chi connectivity index (χ1n) is 21.6. The van der Waals surface area contributed by atoms with Crippen LogP contribution in [-0.4, -0.2) is 0 Å². The Morgan fingerprint density at radius 1 is 0.417 bits per heavy atom. The summed E-state index contributed by atoms with van der Waals surface area (Å²) in [7, 11) is 0. The molecule has 3 aliphatic rings. The predicted octanol–water partition coefficient (Wildman–Crippen LogP) is 15.7. The zero-order valence-electron chi connectivity index (χ0n) is 34.9. The third-order valence-electron chi connectivity index (χ3n) is 14.5. The number of furan rings is 1. The van der Waals surface area contributed by atoms with Crippen molar-refractivity contribution in [1.82, 2.24) is 0 Å². The fraction of sp³-hybridized carbons (Fsp3) is 0.172. The molecule has 3 aliphatic carbocycles. The molecule has 0 saturated carbocycles. The minimum atomic E-state index is -0.489. The minimum absolute atomic E-state index is 0.0527. The molecule has 1 aromatic heterocycles. The van der Waals surface area contributed by atoms with Crippen LogP contribution < -0.4 is 4.90 Å². The predicted molar refractivity (Wildman–Crippen MR) is 250 cm³/mol. The van der Waals surface area contributed by atoms with Gasteiger partial charge in [0.15, 0.2) is 5.58 Å². The second kappa shape index (κ2) is 12.4. The van der Waals surface area contributed by atoms with E-state index >= 15 is 0 Å². The van der Waals surface area contributed by atoms with Crippen molar-refractivity contribution in [3.05, 3.63) is 209 Å². The molecule has 2 heteroatoms. The first-order valence-corrected chi connectivity index (χ1v) is 21.6. The number of fused-ring (bicyclic) bond motifs is 14. The van der Waals surface area contributed by atoms with E-state index in [-0.39, 0.29) is 10.8 Å². The number of hydrogen-bond donors (Lipinski definition) is 0. The normalized spacial score (nSPS) is 16.0. The maximum atomic E-state index is 6.89. The van der Waals surface area contributed by atoms with Crippen molar-refractivity contribution in [2.75, 3.05) is 4.90 Å². The molecule has 8 aromatic carbocycles. The Bertz CT molecular complexity index is 3190. The Hall–Kier alpha value is -6.64. The van der Waals surface area contributed by atoms with Crippen LogP contribution in [0.15, 0.2) is 174 Å².